The second kappa shape index (κ2) is 5.93. The molecular weight excluding hydrogens is 280 g/mol. The number of rotatable bonds is 6. The second-order valence-corrected chi connectivity index (χ2v) is 5.51. The number of carbonyl (C=O) groups is 1. The zero-order chi connectivity index (χ0) is 14.6. The van der Waals surface area contributed by atoms with Crippen LogP contribution >= 0.6 is 0 Å². The van der Waals surface area contributed by atoms with Crippen LogP contribution in [0.2, 0.25) is 0 Å². The SMILES string of the molecule is NC(=O)CCCNS(=O)(=O)c1cc(N)c(F)cc1F. The van der Waals surface area contributed by atoms with Gasteiger partial charge in [-0.05, 0) is 12.5 Å². The minimum Gasteiger partial charge on any atom is -0.396 e. The molecule has 19 heavy (non-hydrogen) atoms. The molecule has 0 bridgehead atoms. The minimum absolute atomic E-state index is 0.00341. The monoisotopic (exact) mass is 293 g/mol. The topological polar surface area (TPSA) is 115 Å². The Morgan fingerprint density at radius 1 is 1.26 bits per heavy atom. The van der Waals surface area contributed by atoms with Crippen LogP contribution in [0.4, 0.5) is 14.5 Å². The van der Waals surface area contributed by atoms with E-state index in [0.29, 0.717) is 12.1 Å². The van der Waals surface area contributed by atoms with Gasteiger partial charge in [-0.1, -0.05) is 0 Å². The summed E-state index contributed by atoms with van der Waals surface area (Å²) in [7, 11) is -4.15. The Morgan fingerprint density at radius 3 is 2.47 bits per heavy atom. The van der Waals surface area contributed by atoms with Gasteiger partial charge in [0.05, 0.1) is 5.69 Å². The fraction of sp³-hybridized carbons (Fsp3) is 0.300. The van der Waals surface area contributed by atoms with Crippen molar-refractivity contribution in [2.75, 3.05) is 12.3 Å². The molecule has 0 aliphatic carbocycles. The van der Waals surface area contributed by atoms with E-state index < -0.39 is 38.1 Å². The van der Waals surface area contributed by atoms with Crippen LogP contribution in [-0.2, 0) is 14.8 Å². The number of nitrogens with two attached hydrogens (primary N) is 2. The zero-order valence-corrected chi connectivity index (χ0v) is 10.6. The Labute approximate surface area is 108 Å². The zero-order valence-electron chi connectivity index (χ0n) is 9.82. The van der Waals surface area contributed by atoms with Gasteiger partial charge in [-0.15, -0.1) is 0 Å². The molecule has 1 amide bonds. The van der Waals surface area contributed by atoms with Gasteiger partial charge in [0.2, 0.25) is 15.9 Å². The van der Waals surface area contributed by atoms with Crippen molar-refractivity contribution in [3.63, 3.8) is 0 Å². The predicted molar refractivity (Wildman–Crippen MR) is 64.4 cm³/mol. The Balaban J connectivity index is 2.83. The van der Waals surface area contributed by atoms with E-state index >= 15 is 0 Å². The fourth-order valence-corrected chi connectivity index (χ4v) is 2.46. The number of primary amides is 1. The highest BCUT2D eigenvalue weighted by Gasteiger charge is 2.20. The Bertz CT molecular complexity index is 590. The standard InChI is InChI=1S/C10H13F2N3O3S/c11-6-4-7(12)9(5-8(6)13)19(17,18)15-3-1-2-10(14)16/h4-5,15H,1-3,13H2,(H2,14,16). The van der Waals surface area contributed by atoms with Gasteiger partial charge in [0.15, 0.2) is 0 Å². The summed E-state index contributed by atoms with van der Waals surface area (Å²) in [6.07, 6.45) is 0.170. The Hall–Kier alpha value is -1.74. The largest absolute Gasteiger partial charge is 0.396 e. The number of sulfonamides is 1. The number of anilines is 1. The van der Waals surface area contributed by atoms with Gasteiger partial charge in [0, 0.05) is 19.0 Å². The van der Waals surface area contributed by atoms with Crippen LogP contribution in [0.3, 0.4) is 0 Å². The first-order valence-electron chi connectivity index (χ1n) is 5.26. The van der Waals surface area contributed by atoms with Crippen LogP contribution in [0.1, 0.15) is 12.8 Å². The van der Waals surface area contributed by atoms with Crippen molar-refractivity contribution < 1.29 is 22.0 Å². The lowest BCUT2D eigenvalue weighted by Crippen LogP contribution is -2.27. The van der Waals surface area contributed by atoms with Crippen molar-refractivity contribution in [1.82, 2.24) is 4.72 Å². The molecule has 5 N–H and O–H groups in total. The molecule has 0 saturated heterocycles. The van der Waals surface area contributed by atoms with Crippen LogP contribution in [0.15, 0.2) is 17.0 Å². The van der Waals surface area contributed by atoms with Gasteiger partial charge >= 0.3 is 0 Å². The third-order valence-electron chi connectivity index (χ3n) is 2.23. The summed E-state index contributed by atoms with van der Waals surface area (Å²) in [4.78, 5) is 9.71. The van der Waals surface area contributed by atoms with Crippen molar-refractivity contribution in [3.8, 4) is 0 Å². The quantitative estimate of drug-likeness (QED) is 0.509. The van der Waals surface area contributed by atoms with Crippen LogP contribution in [0.5, 0.6) is 0 Å². The van der Waals surface area contributed by atoms with Gasteiger partial charge in [0.1, 0.15) is 16.5 Å². The summed E-state index contributed by atoms with van der Waals surface area (Å²) in [6.45, 7) is -0.0952. The molecule has 0 aromatic heterocycles. The summed E-state index contributed by atoms with van der Waals surface area (Å²) in [5.41, 5.74) is 9.59. The van der Waals surface area contributed by atoms with Crippen molar-refractivity contribution in [2.24, 2.45) is 5.73 Å². The summed E-state index contributed by atoms with van der Waals surface area (Å²) >= 11 is 0. The molecule has 0 fully saturated rings. The second-order valence-electron chi connectivity index (χ2n) is 3.77. The smallest absolute Gasteiger partial charge is 0.243 e. The summed E-state index contributed by atoms with van der Waals surface area (Å²) < 4.78 is 51.8. The molecule has 1 aromatic carbocycles. The van der Waals surface area contributed by atoms with Gasteiger partial charge in [-0.25, -0.2) is 21.9 Å². The molecule has 0 unspecified atom stereocenters. The number of nitrogens with one attached hydrogen (secondary N) is 1. The highest BCUT2D eigenvalue weighted by atomic mass is 32.2. The first-order chi connectivity index (χ1) is 8.74. The van der Waals surface area contributed by atoms with Gasteiger partial charge < -0.3 is 11.5 Å². The molecule has 0 heterocycles. The van der Waals surface area contributed by atoms with E-state index in [1.165, 1.54) is 0 Å². The van der Waals surface area contributed by atoms with E-state index in [1.807, 2.05) is 0 Å². The van der Waals surface area contributed by atoms with E-state index in [2.05, 4.69) is 4.72 Å². The van der Waals surface area contributed by atoms with Crippen LogP contribution in [0, 0.1) is 11.6 Å². The number of halogens is 2. The van der Waals surface area contributed by atoms with E-state index in [4.69, 9.17) is 11.5 Å². The highest BCUT2D eigenvalue weighted by Crippen LogP contribution is 2.20. The number of hydrogen-bond acceptors (Lipinski definition) is 4. The van der Waals surface area contributed by atoms with E-state index in [9.17, 15) is 22.0 Å². The number of nitrogen functional groups attached to an aromatic ring is 1. The molecule has 1 rings (SSSR count). The molecule has 106 valence electrons. The van der Waals surface area contributed by atoms with Gasteiger partial charge in [0.25, 0.3) is 0 Å². The van der Waals surface area contributed by atoms with Crippen molar-refractivity contribution in [2.45, 2.75) is 17.7 Å². The Morgan fingerprint density at radius 2 is 1.89 bits per heavy atom. The van der Waals surface area contributed by atoms with E-state index in [0.717, 1.165) is 0 Å². The average Bonchev–Trinajstić information content (AvgIpc) is 2.29. The molecular formula is C10H13F2N3O3S. The average molecular weight is 293 g/mol. The fourth-order valence-electron chi connectivity index (χ4n) is 1.30. The van der Waals surface area contributed by atoms with Crippen molar-refractivity contribution in [3.05, 3.63) is 23.8 Å². The van der Waals surface area contributed by atoms with E-state index in [-0.39, 0.29) is 19.4 Å². The number of benzene rings is 1. The molecule has 6 nitrogen and oxygen atoms in total. The van der Waals surface area contributed by atoms with Gasteiger partial charge in [-0.2, -0.15) is 0 Å². The third-order valence-corrected chi connectivity index (χ3v) is 3.71. The lowest BCUT2D eigenvalue weighted by atomic mass is 10.3. The summed E-state index contributed by atoms with van der Waals surface area (Å²) in [5, 5.41) is 0. The molecule has 9 heteroatoms. The molecule has 1 aromatic rings. The number of carbonyl (C=O) groups excluding carboxylic acids is 1. The molecule has 0 saturated carbocycles. The highest BCUT2D eigenvalue weighted by molar-refractivity contribution is 7.89. The van der Waals surface area contributed by atoms with Crippen LogP contribution in [-0.4, -0.2) is 20.9 Å². The maximum Gasteiger partial charge on any atom is 0.243 e. The predicted octanol–water partition coefficient (Wildman–Crippen LogP) is 0.0908. The molecule has 0 aliphatic rings. The molecule has 0 spiro atoms. The van der Waals surface area contributed by atoms with Gasteiger partial charge in [-0.3, -0.25) is 4.79 Å². The number of amides is 1. The lowest BCUT2D eigenvalue weighted by Gasteiger charge is -2.08. The molecule has 0 radical (unpaired) electrons. The van der Waals surface area contributed by atoms with Crippen LogP contribution < -0.4 is 16.2 Å². The van der Waals surface area contributed by atoms with E-state index in [1.54, 1.807) is 0 Å². The maximum absolute atomic E-state index is 13.4. The third kappa shape index (κ3) is 4.14. The normalized spacial score (nSPS) is 11.5. The molecule has 0 aliphatic heterocycles. The van der Waals surface area contributed by atoms with Crippen LogP contribution in [0.25, 0.3) is 0 Å². The Kier molecular flexibility index (Phi) is 4.78. The van der Waals surface area contributed by atoms with Crippen molar-refractivity contribution in [1.29, 1.82) is 0 Å². The summed E-state index contributed by atoms with van der Waals surface area (Å²) in [6, 6.07) is 1.09. The molecule has 0 atom stereocenters. The van der Waals surface area contributed by atoms with Crippen molar-refractivity contribution >= 4 is 21.6 Å². The first kappa shape index (κ1) is 15.3. The maximum atomic E-state index is 13.4. The lowest BCUT2D eigenvalue weighted by molar-refractivity contribution is -0.118. The summed E-state index contributed by atoms with van der Waals surface area (Å²) in [5.74, 6) is -2.85. The minimum atomic E-state index is -4.15. The first-order valence-corrected chi connectivity index (χ1v) is 6.75. The number of hydrogen-bond donors (Lipinski definition) is 3.